The fourth-order valence-corrected chi connectivity index (χ4v) is 1.75. The second kappa shape index (κ2) is 2.91. The maximum Gasteiger partial charge on any atom is 0.243 e. The van der Waals surface area contributed by atoms with Crippen LogP contribution in [0.3, 0.4) is 0 Å². The van der Waals surface area contributed by atoms with E-state index in [1.54, 1.807) is 0 Å². The highest BCUT2D eigenvalue weighted by atomic mass is 35.5. The maximum absolute atomic E-state index is 11.1. The van der Waals surface area contributed by atoms with Gasteiger partial charge in [0.2, 0.25) is 10.0 Å². The van der Waals surface area contributed by atoms with Gasteiger partial charge in [-0.2, -0.15) is 5.10 Å². The summed E-state index contributed by atoms with van der Waals surface area (Å²) >= 11 is 5.61. The third-order valence-corrected chi connectivity index (χ3v) is 2.72. The van der Waals surface area contributed by atoms with Crippen molar-refractivity contribution in [1.29, 1.82) is 0 Å². The van der Waals surface area contributed by atoms with Gasteiger partial charge in [0, 0.05) is 6.20 Å². The first-order valence-corrected chi connectivity index (χ1v) is 5.43. The molecular formula is C6H5ClN4O2S. The second-order valence-corrected chi connectivity index (χ2v) is 4.49. The minimum absolute atomic E-state index is 0.125. The van der Waals surface area contributed by atoms with Crippen LogP contribution in [-0.2, 0) is 10.0 Å². The molecule has 0 unspecified atom stereocenters. The van der Waals surface area contributed by atoms with E-state index in [0.717, 1.165) is 6.20 Å². The summed E-state index contributed by atoms with van der Waals surface area (Å²) in [5.41, 5.74) is 0.125. The number of hydrogen-bond acceptors (Lipinski definition) is 4. The van der Waals surface area contributed by atoms with E-state index in [1.165, 1.54) is 16.8 Å². The van der Waals surface area contributed by atoms with E-state index in [2.05, 4.69) is 10.1 Å². The van der Waals surface area contributed by atoms with Gasteiger partial charge in [-0.25, -0.2) is 23.1 Å². The lowest BCUT2D eigenvalue weighted by Crippen LogP contribution is -2.12. The van der Waals surface area contributed by atoms with Crippen molar-refractivity contribution in [2.75, 3.05) is 0 Å². The lowest BCUT2D eigenvalue weighted by Gasteiger charge is -1.95. The molecule has 2 heterocycles. The van der Waals surface area contributed by atoms with Crippen molar-refractivity contribution in [1.82, 2.24) is 14.6 Å². The molecule has 8 heteroatoms. The number of nitrogens with two attached hydrogens (primary N) is 1. The summed E-state index contributed by atoms with van der Waals surface area (Å²) in [7, 11) is -3.81. The van der Waals surface area contributed by atoms with Crippen LogP contribution in [0, 0.1) is 0 Å². The highest BCUT2D eigenvalue weighted by Gasteiger charge is 2.16. The number of primary sulfonamides is 1. The van der Waals surface area contributed by atoms with Crippen LogP contribution in [0.25, 0.3) is 5.65 Å². The quantitative estimate of drug-likeness (QED) is 0.703. The SMILES string of the molecule is NS(=O)(=O)c1cnn2ccc(Cl)nc12. The van der Waals surface area contributed by atoms with Crippen LogP contribution in [0.1, 0.15) is 0 Å². The summed E-state index contributed by atoms with van der Waals surface area (Å²) in [5.74, 6) is 0. The second-order valence-electron chi connectivity index (χ2n) is 2.57. The summed E-state index contributed by atoms with van der Waals surface area (Å²) in [6.07, 6.45) is 2.63. The zero-order valence-corrected chi connectivity index (χ0v) is 8.33. The predicted molar refractivity (Wildman–Crippen MR) is 49.4 cm³/mol. The van der Waals surface area contributed by atoms with Gasteiger partial charge in [-0.15, -0.1) is 0 Å². The van der Waals surface area contributed by atoms with Crippen molar-refractivity contribution >= 4 is 27.3 Å². The Balaban J connectivity index is 2.87. The highest BCUT2D eigenvalue weighted by molar-refractivity contribution is 7.89. The van der Waals surface area contributed by atoms with Gasteiger partial charge in [0.1, 0.15) is 10.0 Å². The molecule has 0 aromatic carbocycles. The van der Waals surface area contributed by atoms with E-state index >= 15 is 0 Å². The number of fused-ring (bicyclic) bond motifs is 1. The number of hydrogen-bond donors (Lipinski definition) is 1. The van der Waals surface area contributed by atoms with E-state index in [0.29, 0.717) is 0 Å². The number of rotatable bonds is 1. The lowest BCUT2D eigenvalue weighted by atomic mass is 10.6. The van der Waals surface area contributed by atoms with Crippen molar-refractivity contribution in [2.45, 2.75) is 4.90 Å². The van der Waals surface area contributed by atoms with Crippen molar-refractivity contribution in [3.8, 4) is 0 Å². The molecule has 0 fully saturated rings. The average Bonchev–Trinajstić information content (AvgIpc) is 2.45. The molecule has 0 aliphatic rings. The molecule has 0 radical (unpaired) electrons. The number of halogens is 1. The number of sulfonamides is 1. The Hall–Kier alpha value is -1.18. The molecule has 2 aromatic rings. The molecule has 2 rings (SSSR count). The first kappa shape index (κ1) is 9.38. The van der Waals surface area contributed by atoms with Gasteiger partial charge in [-0.05, 0) is 6.07 Å². The summed E-state index contributed by atoms with van der Waals surface area (Å²) in [5, 5.41) is 8.90. The number of nitrogens with zero attached hydrogens (tertiary/aromatic N) is 3. The molecule has 74 valence electrons. The van der Waals surface area contributed by atoms with Crippen LogP contribution < -0.4 is 5.14 Å². The third kappa shape index (κ3) is 1.45. The van der Waals surface area contributed by atoms with Crippen LogP contribution in [0.5, 0.6) is 0 Å². The van der Waals surface area contributed by atoms with Crippen molar-refractivity contribution < 1.29 is 8.42 Å². The van der Waals surface area contributed by atoms with E-state index in [9.17, 15) is 8.42 Å². The molecule has 2 N–H and O–H groups in total. The molecule has 14 heavy (non-hydrogen) atoms. The van der Waals surface area contributed by atoms with Crippen LogP contribution in [-0.4, -0.2) is 23.0 Å². The minimum Gasteiger partial charge on any atom is -0.224 e. The van der Waals surface area contributed by atoms with Gasteiger partial charge in [-0.3, -0.25) is 0 Å². The normalized spacial score (nSPS) is 12.1. The fourth-order valence-electron chi connectivity index (χ4n) is 1.03. The maximum atomic E-state index is 11.1. The van der Waals surface area contributed by atoms with Crippen molar-refractivity contribution in [2.24, 2.45) is 5.14 Å². The average molecular weight is 233 g/mol. The largest absolute Gasteiger partial charge is 0.243 e. The van der Waals surface area contributed by atoms with Crippen LogP contribution in [0.15, 0.2) is 23.4 Å². The van der Waals surface area contributed by atoms with E-state index < -0.39 is 10.0 Å². The van der Waals surface area contributed by atoms with Crippen LogP contribution >= 0.6 is 11.6 Å². The summed E-state index contributed by atoms with van der Waals surface area (Å²) in [4.78, 5) is 3.67. The van der Waals surface area contributed by atoms with Gasteiger partial charge >= 0.3 is 0 Å². The van der Waals surface area contributed by atoms with E-state index in [4.69, 9.17) is 16.7 Å². The predicted octanol–water partition coefficient (Wildman–Crippen LogP) is 0.0301. The third-order valence-electron chi connectivity index (χ3n) is 1.61. The van der Waals surface area contributed by atoms with Gasteiger partial charge in [-0.1, -0.05) is 11.6 Å². The molecule has 0 aliphatic heterocycles. The molecule has 0 atom stereocenters. The Labute approximate surface area is 84.4 Å². The monoisotopic (exact) mass is 232 g/mol. The van der Waals surface area contributed by atoms with E-state index in [-0.39, 0.29) is 15.7 Å². The molecule has 0 aliphatic carbocycles. The summed E-state index contributed by atoms with van der Waals surface area (Å²) in [6, 6.07) is 1.49. The standard InChI is InChI=1S/C6H5ClN4O2S/c7-5-1-2-11-6(10-5)4(3-9-11)14(8,12)13/h1-3H,(H2,8,12,13). The Morgan fingerprint density at radius 3 is 2.86 bits per heavy atom. The van der Waals surface area contributed by atoms with Gasteiger partial charge in [0.25, 0.3) is 0 Å². The van der Waals surface area contributed by atoms with Gasteiger partial charge in [0.15, 0.2) is 5.65 Å². The topological polar surface area (TPSA) is 90.4 Å². The molecule has 0 saturated carbocycles. The van der Waals surface area contributed by atoms with Crippen molar-refractivity contribution in [3.63, 3.8) is 0 Å². The Kier molecular flexibility index (Phi) is 1.95. The molecule has 0 saturated heterocycles. The first-order chi connectivity index (χ1) is 6.48. The molecular weight excluding hydrogens is 228 g/mol. The molecule has 6 nitrogen and oxygen atoms in total. The zero-order chi connectivity index (χ0) is 10.3. The van der Waals surface area contributed by atoms with Crippen LogP contribution in [0.2, 0.25) is 5.15 Å². The minimum atomic E-state index is -3.81. The van der Waals surface area contributed by atoms with Crippen LogP contribution in [0.4, 0.5) is 0 Å². The summed E-state index contributed by atoms with van der Waals surface area (Å²) < 4.78 is 23.4. The highest BCUT2D eigenvalue weighted by Crippen LogP contribution is 2.14. The summed E-state index contributed by atoms with van der Waals surface area (Å²) in [6.45, 7) is 0. The fraction of sp³-hybridized carbons (Fsp3) is 0. The zero-order valence-electron chi connectivity index (χ0n) is 6.75. The molecule has 0 amide bonds. The molecule has 0 bridgehead atoms. The first-order valence-electron chi connectivity index (χ1n) is 3.51. The number of aromatic nitrogens is 3. The van der Waals surface area contributed by atoms with Crippen molar-refractivity contribution in [3.05, 3.63) is 23.6 Å². The molecule has 0 spiro atoms. The van der Waals surface area contributed by atoms with Gasteiger partial charge < -0.3 is 0 Å². The van der Waals surface area contributed by atoms with Gasteiger partial charge in [0.05, 0.1) is 6.20 Å². The van der Waals surface area contributed by atoms with E-state index in [1.807, 2.05) is 0 Å². The Bertz CT molecular complexity index is 591. The Morgan fingerprint density at radius 1 is 1.50 bits per heavy atom. The lowest BCUT2D eigenvalue weighted by molar-refractivity contribution is 0.598. The Morgan fingerprint density at radius 2 is 2.21 bits per heavy atom. The smallest absolute Gasteiger partial charge is 0.224 e. The molecule has 2 aromatic heterocycles.